The molecule has 0 atom stereocenters. The zero-order chi connectivity index (χ0) is 10.9. The lowest BCUT2D eigenvalue weighted by Crippen LogP contribution is -2.03. The van der Waals surface area contributed by atoms with Gasteiger partial charge in [0.15, 0.2) is 0 Å². The molecule has 1 heterocycles. The van der Waals surface area contributed by atoms with Crippen LogP contribution >= 0.6 is 11.6 Å². The van der Waals surface area contributed by atoms with Gasteiger partial charge in [0.2, 0.25) is 5.82 Å². The molecular weight excluding hydrogens is 226 g/mol. The molecule has 1 aromatic carbocycles. The van der Waals surface area contributed by atoms with Crippen LogP contribution in [0.1, 0.15) is 5.89 Å². The lowest BCUT2D eigenvalue weighted by molar-refractivity contribution is 0.0551. The molecule has 0 aliphatic heterocycles. The van der Waals surface area contributed by atoms with Crippen molar-refractivity contribution >= 4 is 11.6 Å². The highest BCUT2D eigenvalue weighted by molar-refractivity contribution is 6.21. The molecule has 0 saturated heterocycles. The second kappa shape index (κ2) is 3.58. The number of nitrogens with zero attached hydrogens (tertiary/aromatic N) is 2. The molecule has 1 aromatic heterocycles. The van der Waals surface area contributed by atoms with Crippen molar-refractivity contribution in [3.8, 4) is 11.4 Å². The van der Waals surface area contributed by atoms with Gasteiger partial charge in [0.1, 0.15) is 0 Å². The van der Waals surface area contributed by atoms with Gasteiger partial charge in [-0.05, 0) is 11.6 Å². The number of rotatable bonds is 2. The average Bonchev–Trinajstić information content (AvgIpc) is 2.67. The maximum absolute atomic E-state index is 12.6. The molecule has 0 fully saturated rings. The molecule has 0 amide bonds. The van der Waals surface area contributed by atoms with Gasteiger partial charge in [0.05, 0.1) is 0 Å². The summed E-state index contributed by atoms with van der Waals surface area (Å²) in [5.41, 5.74) is 0.591. The Bertz CT molecular complexity index is 453. The molecule has 0 aliphatic carbocycles. The normalized spacial score (nSPS) is 11.7. The Labute approximate surface area is 88.7 Å². The first kappa shape index (κ1) is 10.0. The Morgan fingerprint density at radius 1 is 1.20 bits per heavy atom. The first-order valence-corrected chi connectivity index (χ1v) is 4.41. The smallest absolute Gasteiger partial charge is 0.331 e. The number of hydrogen-bond donors (Lipinski definition) is 0. The number of aromatic nitrogens is 2. The van der Waals surface area contributed by atoms with Crippen LogP contribution in [0.3, 0.4) is 0 Å². The van der Waals surface area contributed by atoms with Crippen LogP contribution in [-0.2, 0) is 5.38 Å². The maximum atomic E-state index is 12.6. The standard InChI is InChI=1S/C9H5ClF2N2O/c10-9(11,12)8-13-7(14-15-8)6-4-2-1-3-5-6/h1-5H. The van der Waals surface area contributed by atoms with Crippen molar-refractivity contribution in [3.05, 3.63) is 36.2 Å². The molecule has 2 rings (SSSR count). The minimum absolute atomic E-state index is 0.0888. The van der Waals surface area contributed by atoms with Crippen molar-refractivity contribution < 1.29 is 13.3 Å². The molecule has 0 radical (unpaired) electrons. The van der Waals surface area contributed by atoms with Crippen molar-refractivity contribution in [1.29, 1.82) is 0 Å². The largest absolute Gasteiger partial charge is 0.400 e. The summed E-state index contributed by atoms with van der Waals surface area (Å²) in [5, 5.41) is -0.223. The Kier molecular flexibility index (Phi) is 2.40. The third kappa shape index (κ3) is 2.12. The predicted octanol–water partition coefficient (Wildman–Crippen LogP) is 3.02. The molecule has 2 aromatic rings. The molecule has 0 unspecified atom stereocenters. The summed E-state index contributed by atoms with van der Waals surface area (Å²) >= 11 is 4.73. The second-order valence-corrected chi connectivity index (χ2v) is 3.26. The molecule has 0 spiro atoms. The minimum atomic E-state index is -3.62. The van der Waals surface area contributed by atoms with Gasteiger partial charge in [-0.1, -0.05) is 35.5 Å². The van der Waals surface area contributed by atoms with E-state index in [1.165, 1.54) is 0 Å². The van der Waals surface area contributed by atoms with Crippen LogP contribution in [0.4, 0.5) is 8.78 Å². The highest BCUT2D eigenvalue weighted by Gasteiger charge is 2.35. The van der Waals surface area contributed by atoms with E-state index in [-0.39, 0.29) is 5.82 Å². The highest BCUT2D eigenvalue weighted by atomic mass is 35.5. The molecule has 3 nitrogen and oxygen atoms in total. The van der Waals surface area contributed by atoms with Crippen LogP contribution in [0, 0.1) is 0 Å². The van der Waals surface area contributed by atoms with Crippen molar-refractivity contribution in [3.63, 3.8) is 0 Å². The summed E-state index contributed by atoms with van der Waals surface area (Å²) in [7, 11) is 0. The molecule has 15 heavy (non-hydrogen) atoms. The molecule has 6 heteroatoms. The molecule has 0 bridgehead atoms. The van der Waals surface area contributed by atoms with Crippen molar-refractivity contribution in [2.24, 2.45) is 0 Å². The average molecular weight is 231 g/mol. The summed E-state index contributed by atoms with van der Waals surface area (Å²) in [5.74, 6) is -0.811. The summed E-state index contributed by atoms with van der Waals surface area (Å²) in [6.45, 7) is 0. The zero-order valence-electron chi connectivity index (χ0n) is 7.32. The van der Waals surface area contributed by atoms with Crippen LogP contribution in [0.15, 0.2) is 34.9 Å². The second-order valence-electron chi connectivity index (χ2n) is 2.79. The van der Waals surface area contributed by atoms with Gasteiger partial charge >= 0.3 is 11.3 Å². The Hall–Kier alpha value is -1.49. The number of alkyl halides is 3. The van der Waals surface area contributed by atoms with Gasteiger partial charge in [-0.3, -0.25) is 0 Å². The van der Waals surface area contributed by atoms with Crippen molar-refractivity contribution in [2.45, 2.75) is 5.38 Å². The van der Waals surface area contributed by atoms with Gasteiger partial charge < -0.3 is 4.52 Å². The van der Waals surface area contributed by atoms with Crippen LogP contribution < -0.4 is 0 Å². The molecule has 0 saturated carbocycles. The van der Waals surface area contributed by atoms with Crippen LogP contribution in [0.25, 0.3) is 11.4 Å². The third-order valence-electron chi connectivity index (χ3n) is 1.70. The molecule has 78 valence electrons. The number of benzene rings is 1. The van der Waals surface area contributed by atoms with E-state index in [9.17, 15) is 8.78 Å². The van der Waals surface area contributed by atoms with Crippen LogP contribution in [0.5, 0.6) is 0 Å². The Morgan fingerprint density at radius 2 is 1.87 bits per heavy atom. The third-order valence-corrected chi connectivity index (χ3v) is 1.86. The fourth-order valence-electron chi connectivity index (χ4n) is 1.04. The van der Waals surface area contributed by atoms with Gasteiger partial charge in [0, 0.05) is 5.56 Å². The summed E-state index contributed by atoms with van der Waals surface area (Å²) in [6.07, 6.45) is 0. The Balaban J connectivity index is 2.37. The predicted molar refractivity (Wildman–Crippen MR) is 49.5 cm³/mol. The fourth-order valence-corrected chi connectivity index (χ4v) is 1.12. The maximum Gasteiger partial charge on any atom is 0.400 e. The molecular formula is C9H5ClF2N2O. The summed E-state index contributed by atoms with van der Waals surface area (Å²) in [6, 6.07) is 8.64. The quantitative estimate of drug-likeness (QED) is 0.745. The van der Waals surface area contributed by atoms with Gasteiger partial charge in [-0.15, -0.1) is 0 Å². The topological polar surface area (TPSA) is 38.9 Å². The van der Waals surface area contributed by atoms with E-state index in [0.717, 1.165) is 0 Å². The van der Waals surface area contributed by atoms with E-state index in [0.29, 0.717) is 5.56 Å². The fraction of sp³-hybridized carbons (Fsp3) is 0.111. The molecule has 0 aliphatic rings. The van der Waals surface area contributed by atoms with Crippen LogP contribution in [-0.4, -0.2) is 10.1 Å². The lowest BCUT2D eigenvalue weighted by Gasteiger charge is -1.97. The van der Waals surface area contributed by atoms with Gasteiger partial charge in [-0.2, -0.15) is 13.8 Å². The highest BCUT2D eigenvalue weighted by Crippen LogP contribution is 2.31. The summed E-state index contributed by atoms with van der Waals surface area (Å²) < 4.78 is 29.4. The molecule has 0 N–H and O–H groups in total. The van der Waals surface area contributed by atoms with E-state index in [1.807, 2.05) is 0 Å². The van der Waals surface area contributed by atoms with Gasteiger partial charge in [0.25, 0.3) is 0 Å². The first-order chi connectivity index (χ1) is 7.07. The van der Waals surface area contributed by atoms with E-state index < -0.39 is 11.3 Å². The Morgan fingerprint density at radius 3 is 2.40 bits per heavy atom. The first-order valence-electron chi connectivity index (χ1n) is 4.04. The van der Waals surface area contributed by atoms with Crippen molar-refractivity contribution in [1.82, 2.24) is 10.1 Å². The lowest BCUT2D eigenvalue weighted by atomic mass is 10.2. The minimum Gasteiger partial charge on any atom is -0.331 e. The SMILES string of the molecule is FC(F)(Cl)c1nc(-c2ccccc2)no1. The van der Waals surface area contributed by atoms with E-state index >= 15 is 0 Å². The number of halogens is 3. The number of hydrogen-bond acceptors (Lipinski definition) is 3. The monoisotopic (exact) mass is 230 g/mol. The van der Waals surface area contributed by atoms with E-state index in [2.05, 4.69) is 14.7 Å². The summed E-state index contributed by atoms with van der Waals surface area (Å²) in [4.78, 5) is 3.49. The van der Waals surface area contributed by atoms with Crippen LogP contribution in [0.2, 0.25) is 0 Å². The van der Waals surface area contributed by atoms with Crippen molar-refractivity contribution in [2.75, 3.05) is 0 Å². The zero-order valence-corrected chi connectivity index (χ0v) is 8.08. The van der Waals surface area contributed by atoms with E-state index in [4.69, 9.17) is 11.6 Å². The van der Waals surface area contributed by atoms with Gasteiger partial charge in [-0.25, -0.2) is 0 Å². The van der Waals surface area contributed by atoms with E-state index in [1.54, 1.807) is 30.3 Å².